The third-order valence-electron chi connectivity index (χ3n) is 3.10. The Labute approximate surface area is 124 Å². The molecule has 0 spiro atoms. The lowest BCUT2D eigenvalue weighted by Gasteiger charge is -2.19. The minimum Gasteiger partial charge on any atom is -0.378 e. The van der Waals surface area contributed by atoms with Crippen molar-refractivity contribution in [2.45, 2.75) is 26.6 Å². The van der Waals surface area contributed by atoms with E-state index < -0.39 is 0 Å². The van der Waals surface area contributed by atoms with Gasteiger partial charge in [-0.2, -0.15) is 0 Å². The fourth-order valence-electron chi connectivity index (χ4n) is 2.03. The summed E-state index contributed by atoms with van der Waals surface area (Å²) in [5, 5.41) is 1.02. The lowest BCUT2D eigenvalue weighted by atomic mass is 10.2. The number of methoxy groups -OCH3 is 1. The van der Waals surface area contributed by atoms with E-state index in [2.05, 4.69) is 41.1 Å². The van der Waals surface area contributed by atoms with Crippen molar-refractivity contribution in [3.8, 4) is 0 Å². The molecule has 0 bridgehead atoms. The minimum atomic E-state index is 0.513. The molecule has 0 aliphatic rings. The molecule has 0 aliphatic heterocycles. The molecule has 2 aromatic rings. The number of rotatable bonds is 7. The van der Waals surface area contributed by atoms with Crippen LogP contribution in [-0.2, 0) is 24.4 Å². The normalized spacial score (nSPS) is 10.8. The molecule has 0 saturated heterocycles. The van der Waals surface area contributed by atoms with Crippen LogP contribution in [0.2, 0.25) is 0 Å². The van der Waals surface area contributed by atoms with Gasteiger partial charge in [-0.25, -0.2) is 4.98 Å². The first-order chi connectivity index (χ1) is 9.78. The molecule has 4 nitrogen and oxygen atoms in total. The molecule has 0 unspecified atom stereocenters. The van der Waals surface area contributed by atoms with Crippen molar-refractivity contribution < 1.29 is 4.74 Å². The van der Waals surface area contributed by atoms with E-state index in [0.29, 0.717) is 13.2 Å². The van der Waals surface area contributed by atoms with Crippen LogP contribution in [0, 0.1) is 0 Å². The Morgan fingerprint density at radius 2 is 2.05 bits per heavy atom. The Balaban J connectivity index is 2.18. The molecule has 108 valence electrons. The fourth-order valence-corrected chi connectivity index (χ4v) is 3.04. The zero-order valence-corrected chi connectivity index (χ0v) is 12.8. The van der Waals surface area contributed by atoms with Crippen molar-refractivity contribution in [3.63, 3.8) is 0 Å². The molecule has 1 aromatic heterocycles. The molecule has 2 N–H and O–H groups in total. The van der Waals surface area contributed by atoms with E-state index >= 15 is 0 Å². The van der Waals surface area contributed by atoms with Crippen molar-refractivity contribution in [3.05, 3.63) is 46.5 Å². The van der Waals surface area contributed by atoms with E-state index in [1.165, 1.54) is 5.56 Å². The fraction of sp³-hybridized carbons (Fsp3) is 0.400. The number of nitrogens with two attached hydrogens (primary N) is 1. The summed E-state index contributed by atoms with van der Waals surface area (Å²) >= 11 is 1.66. The van der Waals surface area contributed by atoms with Crippen LogP contribution in [0.25, 0.3) is 0 Å². The van der Waals surface area contributed by atoms with E-state index in [1.54, 1.807) is 18.4 Å². The van der Waals surface area contributed by atoms with Crippen molar-refractivity contribution in [1.82, 2.24) is 4.98 Å². The van der Waals surface area contributed by atoms with Crippen LogP contribution in [0.3, 0.4) is 0 Å². The lowest BCUT2D eigenvalue weighted by Crippen LogP contribution is -2.21. The molecule has 1 heterocycles. The SMILES string of the molecule is CCN(Cc1ccccc1)c1nc(COC)c(CN)s1. The number of nitrogens with zero attached hydrogens (tertiary/aromatic N) is 2. The number of hydrogen-bond acceptors (Lipinski definition) is 5. The van der Waals surface area contributed by atoms with Crippen LogP contribution in [0.4, 0.5) is 5.13 Å². The predicted octanol–water partition coefficient (Wildman–Crippen LogP) is 2.77. The topological polar surface area (TPSA) is 51.4 Å². The monoisotopic (exact) mass is 291 g/mol. The molecule has 5 heteroatoms. The Bertz CT molecular complexity index is 527. The lowest BCUT2D eigenvalue weighted by molar-refractivity contribution is 0.181. The number of aromatic nitrogens is 1. The molecule has 0 atom stereocenters. The van der Waals surface area contributed by atoms with Crippen LogP contribution in [0.15, 0.2) is 30.3 Å². The van der Waals surface area contributed by atoms with Crippen molar-refractivity contribution in [2.75, 3.05) is 18.6 Å². The third-order valence-corrected chi connectivity index (χ3v) is 4.28. The van der Waals surface area contributed by atoms with Gasteiger partial charge in [0.05, 0.1) is 12.3 Å². The first kappa shape index (κ1) is 15.0. The second-order valence-corrected chi connectivity index (χ2v) is 5.57. The van der Waals surface area contributed by atoms with Gasteiger partial charge in [-0.1, -0.05) is 30.3 Å². The zero-order chi connectivity index (χ0) is 14.4. The number of benzene rings is 1. The summed E-state index contributed by atoms with van der Waals surface area (Å²) in [5.74, 6) is 0. The van der Waals surface area contributed by atoms with E-state index in [9.17, 15) is 0 Å². The highest BCUT2D eigenvalue weighted by atomic mass is 32.1. The van der Waals surface area contributed by atoms with Crippen LogP contribution < -0.4 is 10.6 Å². The molecule has 0 fully saturated rings. The summed E-state index contributed by atoms with van der Waals surface area (Å²) in [4.78, 5) is 8.04. The van der Waals surface area contributed by atoms with Gasteiger partial charge in [0, 0.05) is 31.6 Å². The Morgan fingerprint density at radius 3 is 2.65 bits per heavy atom. The minimum absolute atomic E-state index is 0.513. The van der Waals surface area contributed by atoms with Crippen LogP contribution >= 0.6 is 11.3 Å². The number of hydrogen-bond donors (Lipinski definition) is 1. The quantitative estimate of drug-likeness (QED) is 0.852. The van der Waals surface area contributed by atoms with Gasteiger partial charge in [-0.05, 0) is 12.5 Å². The first-order valence-electron chi connectivity index (χ1n) is 6.75. The smallest absolute Gasteiger partial charge is 0.186 e. The average Bonchev–Trinajstić information content (AvgIpc) is 2.89. The molecule has 0 radical (unpaired) electrons. The number of ether oxygens (including phenoxy) is 1. The van der Waals surface area contributed by atoms with Gasteiger partial charge in [-0.15, -0.1) is 11.3 Å². The Hall–Kier alpha value is -1.43. The maximum absolute atomic E-state index is 5.78. The van der Waals surface area contributed by atoms with E-state index in [0.717, 1.165) is 28.8 Å². The molecule has 20 heavy (non-hydrogen) atoms. The summed E-state index contributed by atoms with van der Waals surface area (Å²) in [5.41, 5.74) is 8.03. The van der Waals surface area contributed by atoms with Gasteiger partial charge >= 0.3 is 0 Å². The summed E-state index contributed by atoms with van der Waals surface area (Å²) in [6, 6.07) is 10.4. The van der Waals surface area contributed by atoms with Gasteiger partial charge in [0.25, 0.3) is 0 Å². The summed E-state index contributed by atoms with van der Waals surface area (Å²) < 4.78 is 5.19. The predicted molar refractivity (Wildman–Crippen MR) is 83.9 cm³/mol. The highest BCUT2D eigenvalue weighted by molar-refractivity contribution is 7.15. The standard InChI is InChI=1S/C15H21N3OS/c1-3-18(10-12-7-5-4-6-8-12)15-17-13(11-19-2)14(9-16)20-15/h4-8H,3,9-11,16H2,1-2H3. The Morgan fingerprint density at radius 1 is 1.30 bits per heavy atom. The van der Waals surface area contributed by atoms with Gasteiger partial charge in [0.15, 0.2) is 5.13 Å². The molecule has 2 rings (SSSR count). The zero-order valence-electron chi connectivity index (χ0n) is 12.0. The highest BCUT2D eigenvalue weighted by Crippen LogP contribution is 2.27. The van der Waals surface area contributed by atoms with Gasteiger partial charge < -0.3 is 15.4 Å². The molecule has 0 saturated carbocycles. The third kappa shape index (κ3) is 3.56. The van der Waals surface area contributed by atoms with Crippen molar-refractivity contribution in [2.24, 2.45) is 5.73 Å². The average molecular weight is 291 g/mol. The maximum Gasteiger partial charge on any atom is 0.186 e. The number of thiazole rings is 1. The van der Waals surface area contributed by atoms with E-state index in [4.69, 9.17) is 10.5 Å². The molecule has 0 amide bonds. The van der Waals surface area contributed by atoms with Crippen LogP contribution in [-0.4, -0.2) is 18.6 Å². The number of anilines is 1. The van der Waals surface area contributed by atoms with Crippen LogP contribution in [0.1, 0.15) is 23.1 Å². The van der Waals surface area contributed by atoms with Gasteiger partial charge in [0.1, 0.15) is 0 Å². The van der Waals surface area contributed by atoms with Gasteiger partial charge in [-0.3, -0.25) is 0 Å². The molecular weight excluding hydrogens is 270 g/mol. The van der Waals surface area contributed by atoms with Crippen molar-refractivity contribution in [1.29, 1.82) is 0 Å². The van der Waals surface area contributed by atoms with Crippen molar-refractivity contribution >= 4 is 16.5 Å². The summed E-state index contributed by atoms with van der Waals surface area (Å²) in [6.45, 7) is 4.95. The van der Waals surface area contributed by atoms with E-state index in [-0.39, 0.29) is 0 Å². The second-order valence-electron chi connectivity index (χ2n) is 4.50. The summed E-state index contributed by atoms with van der Waals surface area (Å²) in [7, 11) is 1.68. The highest BCUT2D eigenvalue weighted by Gasteiger charge is 2.14. The van der Waals surface area contributed by atoms with E-state index in [1.807, 2.05) is 6.07 Å². The maximum atomic E-state index is 5.78. The molecule has 0 aliphatic carbocycles. The molecule has 1 aromatic carbocycles. The molecular formula is C15H21N3OS. The second kappa shape index (κ2) is 7.38. The summed E-state index contributed by atoms with van der Waals surface area (Å²) in [6.07, 6.45) is 0. The first-order valence-corrected chi connectivity index (χ1v) is 7.56. The van der Waals surface area contributed by atoms with Gasteiger partial charge in [0.2, 0.25) is 0 Å². The largest absolute Gasteiger partial charge is 0.378 e. The van der Waals surface area contributed by atoms with Crippen LogP contribution in [0.5, 0.6) is 0 Å². The Kier molecular flexibility index (Phi) is 5.52.